The summed E-state index contributed by atoms with van der Waals surface area (Å²) in [5.41, 5.74) is 0. The highest BCUT2D eigenvalue weighted by Crippen LogP contribution is 2.37. The van der Waals surface area contributed by atoms with Crippen molar-refractivity contribution in [1.82, 2.24) is 10.2 Å². The zero-order valence-corrected chi connectivity index (χ0v) is 10.6. The van der Waals surface area contributed by atoms with Crippen molar-refractivity contribution in [2.75, 3.05) is 13.6 Å². The lowest BCUT2D eigenvalue weighted by Crippen LogP contribution is -2.56. The van der Waals surface area contributed by atoms with Crippen molar-refractivity contribution in [2.45, 2.75) is 69.5 Å². The summed E-state index contributed by atoms with van der Waals surface area (Å²) >= 11 is 0. The van der Waals surface area contributed by atoms with Gasteiger partial charge in [0.1, 0.15) is 0 Å². The molecule has 2 bridgehead atoms. The molecule has 2 unspecified atom stereocenters. The van der Waals surface area contributed by atoms with E-state index in [1.807, 2.05) is 0 Å². The lowest BCUT2D eigenvalue weighted by atomic mass is 9.81. The first-order valence-electron chi connectivity index (χ1n) is 7.30. The van der Waals surface area contributed by atoms with E-state index >= 15 is 0 Å². The third kappa shape index (κ3) is 2.28. The number of hydrogen-bond donors (Lipinski definition) is 1. The normalized spacial score (nSPS) is 39.9. The van der Waals surface area contributed by atoms with E-state index in [-0.39, 0.29) is 0 Å². The molecule has 16 heavy (non-hydrogen) atoms. The minimum Gasteiger partial charge on any atom is -0.317 e. The zero-order valence-electron chi connectivity index (χ0n) is 10.6. The van der Waals surface area contributed by atoms with E-state index in [0.29, 0.717) is 0 Å². The first-order valence-corrected chi connectivity index (χ1v) is 7.30. The standard InChI is InChI=1S/C14H26N2/c1-15-12-9-13-3-2-4-14(10-12)16(13)8-7-11-5-6-11/h11-15H,2-10H2,1H3. The molecule has 3 rings (SSSR count). The molecule has 2 heteroatoms. The second-order valence-electron chi connectivity index (χ2n) is 6.17. The van der Waals surface area contributed by atoms with Crippen LogP contribution in [0.1, 0.15) is 51.4 Å². The smallest absolute Gasteiger partial charge is 0.0113 e. The van der Waals surface area contributed by atoms with Crippen molar-refractivity contribution in [2.24, 2.45) is 5.92 Å². The number of rotatable bonds is 4. The Morgan fingerprint density at radius 3 is 2.31 bits per heavy atom. The van der Waals surface area contributed by atoms with Gasteiger partial charge in [-0.1, -0.05) is 19.3 Å². The monoisotopic (exact) mass is 222 g/mol. The summed E-state index contributed by atoms with van der Waals surface area (Å²) in [4.78, 5) is 2.87. The van der Waals surface area contributed by atoms with Crippen LogP contribution in [0.15, 0.2) is 0 Å². The summed E-state index contributed by atoms with van der Waals surface area (Å²) in [5, 5.41) is 3.50. The van der Waals surface area contributed by atoms with Gasteiger partial charge in [-0.05, 0) is 51.6 Å². The van der Waals surface area contributed by atoms with E-state index < -0.39 is 0 Å². The summed E-state index contributed by atoms with van der Waals surface area (Å²) in [6.45, 7) is 1.40. The molecule has 3 aliphatic rings. The molecule has 1 aliphatic carbocycles. The second-order valence-corrected chi connectivity index (χ2v) is 6.17. The van der Waals surface area contributed by atoms with Crippen molar-refractivity contribution in [3.05, 3.63) is 0 Å². The quantitative estimate of drug-likeness (QED) is 0.786. The molecule has 0 spiro atoms. The minimum absolute atomic E-state index is 0.799. The van der Waals surface area contributed by atoms with Crippen LogP contribution in [0.4, 0.5) is 0 Å². The van der Waals surface area contributed by atoms with Gasteiger partial charge >= 0.3 is 0 Å². The minimum atomic E-state index is 0.799. The van der Waals surface area contributed by atoms with Gasteiger partial charge < -0.3 is 5.32 Å². The number of hydrogen-bond acceptors (Lipinski definition) is 2. The molecular formula is C14H26N2. The molecule has 0 aromatic heterocycles. The van der Waals surface area contributed by atoms with Gasteiger partial charge in [0.05, 0.1) is 0 Å². The molecule has 92 valence electrons. The van der Waals surface area contributed by atoms with E-state index in [4.69, 9.17) is 0 Å². The number of piperidine rings is 2. The predicted molar refractivity (Wildman–Crippen MR) is 67.6 cm³/mol. The molecule has 1 saturated carbocycles. The van der Waals surface area contributed by atoms with Crippen LogP contribution in [-0.4, -0.2) is 36.6 Å². The molecule has 2 aliphatic heterocycles. The Morgan fingerprint density at radius 2 is 1.75 bits per heavy atom. The Hall–Kier alpha value is -0.0800. The molecule has 2 nitrogen and oxygen atoms in total. The Balaban J connectivity index is 1.59. The highest BCUT2D eigenvalue weighted by molar-refractivity contribution is 4.95. The summed E-state index contributed by atoms with van der Waals surface area (Å²) in [7, 11) is 2.14. The lowest BCUT2D eigenvalue weighted by molar-refractivity contribution is 0.0240. The molecule has 2 atom stereocenters. The van der Waals surface area contributed by atoms with Gasteiger partial charge in [-0.3, -0.25) is 4.90 Å². The van der Waals surface area contributed by atoms with E-state index in [2.05, 4.69) is 17.3 Å². The van der Waals surface area contributed by atoms with Crippen molar-refractivity contribution >= 4 is 0 Å². The predicted octanol–water partition coefficient (Wildman–Crippen LogP) is 2.39. The molecule has 0 aromatic carbocycles. The average molecular weight is 222 g/mol. The van der Waals surface area contributed by atoms with Gasteiger partial charge in [0.15, 0.2) is 0 Å². The van der Waals surface area contributed by atoms with E-state index in [1.165, 1.54) is 57.9 Å². The van der Waals surface area contributed by atoms with E-state index in [0.717, 1.165) is 24.0 Å². The Bertz CT molecular complexity index is 223. The number of nitrogens with zero attached hydrogens (tertiary/aromatic N) is 1. The van der Waals surface area contributed by atoms with Gasteiger partial charge in [0.2, 0.25) is 0 Å². The zero-order chi connectivity index (χ0) is 11.0. The van der Waals surface area contributed by atoms with E-state index in [9.17, 15) is 0 Å². The van der Waals surface area contributed by atoms with Crippen molar-refractivity contribution in [1.29, 1.82) is 0 Å². The maximum atomic E-state index is 3.50. The summed E-state index contributed by atoms with van der Waals surface area (Å²) in [5.74, 6) is 1.10. The second kappa shape index (κ2) is 4.66. The van der Waals surface area contributed by atoms with Gasteiger partial charge in [-0.2, -0.15) is 0 Å². The largest absolute Gasteiger partial charge is 0.317 e. The van der Waals surface area contributed by atoms with Crippen LogP contribution in [0.25, 0.3) is 0 Å². The molecule has 1 N–H and O–H groups in total. The molecule has 0 radical (unpaired) electrons. The molecule has 2 heterocycles. The van der Waals surface area contributed by atoms with Crippen molar-refractivity contribution < 1.29 is 0 Å². The maximum absolute atomic E-state index is 3.50. The lowest BCUT2D eigenvalue weighted by Gasteiger charge is -2.49. The highest BCUT2D eigenvalue weighted by atomic mass is 15.2. The van der Waals surface area contributed by atoms with Crippen LogP contribution >= 0.6 is 0 Å². The van der Waals surface area contributed by atoms with Crippen LogP contribution in [0, 0.1) is 5.92 Å². The number of fused-ring (bicyclic) bond motifs is 2. The van der Waals surface area contributed by atoms with Crippen LogP contribution in [-0.2, 0) is 0 Å². The summed E-state index contributed by atoms with van der Waals surface area (Å²) < 4.78 is 0. The fourth-order valence-corrected chi connectivity index (χ4v) is 3.82. The average Bonchev–Trinajstić information content (AvgIpc) is 3.09. The molecule has 3 fully saturated rings. The van der Waals surface area contributed by atoms with E-state index in [1.54, 1.807) is 0 Å². The first kappa shape index (κ1) is 11.0. The van der Waals surface area contributed by atoms with Gasteiger partial charge in [-0.15, -0.1) is 0 Å². The molecule has 0 amide bonds. The van der Waals surface area contributed by atoms with Crippen LogP contribution in [0.2, 0.25) is 0 Å². The Morgan fingerprint density at radius 1 is 1.06 bits per heavy atom. The van der Waals surface area contributed by atoms with Gasteiger partial charge in [0.25, 0.3) is 0 Å². The maximum Gasteiger partial charge on any atom is 0.0113 e. The molecule has 0 aromatic rings. The molecule has 2 saturated heterocycles. The third-order valence-corrected chi connectivity index (χ3v) is 5.03. The number of nitrogens with one attached hydrogen (secondary N) is 1. The van der Waals surface area contributed by atoms with Gasteiger partial charge in [0, 0.05) is 18.1 Å². The van der Waals surface area contributed by atoms with Crippen molar-refractivity contribution in [3.8, 4) is 0 Å². The van der Waals surface area contributed by atoms with Crippen LogP contribution < -0.4 is 5.32 Å². The molecular weight excluding hydrogens is 196 g/mol. The topological polar surface area (TPSA) is 15.3 Å². The third-order valence-electron chi connectivity index (χ3n) is 5.03. The summed E-state index contributed by atoms with van der Waals surface area (Å²) in [6.07, 6.45) is 11.7. The van der Waals surface area contributed by atoms with Crippen molar-refractivity contribution in [3.63, 3.8) is 0 Å². The first-order chi connectivity index (χ1) is 7.86. The van der Waals surface area contributed by atoms with Gasteiger partial charge in [-0.25, -0.2) is 0 Å². The Labute approximate surface area is 99.8 Å². The SMILES string of the molecule is CNC1CC2CCCC(C1)N2CCC1CC1. The highest BCUT2D eigenvalue weighted by Gasteiger charge is 2.38. The fraction of sp³-hybridized carbons (Fsp3) is 1.00. The summed E-state index contributed by atoms with van der Waals surface area (Å²) in [6, 6.07) is 2.61. The van der Waals surface area contributed by atoms with Crippen LogP contribution in [0.5, 0.6) is 0 Å². The Kier molecular flexibility index (Phi) is 3.21. The fourth-order valence-electron chi connectivity index (χ4n) is 3.82. The van der Waals surface area contributed by atoms with Crippen LogP contribution in [0.3, 0.4) is 0 Å².